The van der Waals surface area contributed by atoms with Crippen molar-refractivity contribution in [2.75, 3.05) is 24.7 Å². The number of aromatic amines is 1. The van der Waals surface area contributed by atoms with Crippen LogP contribution in [0.2, 0.25) is 5.02 Å². The number of aromatic nitrogens is 3. The van der Waals surface area contributed by atoms with Crippen molar-refractivity contribution in [3.8, 4) is 0 Å². The molecule has 0 saturated carbocycles. The topological polar surface area (TPSA) is 74.3 Å². The fourth-order valence-corrected chi connectivity index (χ4v) is 4.71. The number of hydrogen-bond donors (Lipinski definition) is 2. The molecule has 11 heteroatoms. The number of halogens is 5. The summed E-state index contributed by atoms with van der Waals surface area (Å²) in [5.41, 5.74) is 2.79. The zero-order valence-electron chi connectivity index (χ0n) is 18.8. The minimum Gasteiger partial charge on any atom is -0.394 e. The van der Waals surface area contributed by atoms with Crippen molar-refractivity contribution in [1.29, 1.82) is 0 Å². The van der Waals surface area contributed by atoms with Crippen LogP contribution in [0.25, 0.3) is 10.9 Å². The number of nitrogens with one attached hydrogen (secondary N) is 1. The van der Waals surface area contributed by atoms with Crippen LogP contribution in [-0.4, -0.2) is 39.8 Å². The highest BCUT2D eigenvalue weighted by Crippen LogP contribution is 2.41. The molecule has 0 amide bonds. The summed E-state index contributed by atoms with van der Waals surface area (Å²) in [6.07, 6.45) is -3.04. The predicted molar refractivity (Wildman–Crippen MR) is 126 cm³/mol. The highest BCUT2D eigenvalue weighted by molar-refractivity contribution is 6.31. The molecule has 5 rings (SSSR count). The largest absolute Gasteiger partial charge is 0.433 e. The molecule has 2 aromatic carbocycles. The Balaban J connectivity index is 1.61. The highest BCUT2D eigenvalue weighted by atomic mass is 35.5. The Morgan fingerprint density at radius 3 is 2.67 bits per heavy atom. The lowest BCUT2D eigenvalue weighted by Gasteiger charge is -2.36. The van der Waals surface area contributed by atoms with Gasteiger partial charge in [0.2, 0.25) is 5.95 Å². The lowest BCUT2D eigenvalue weighted by Crippen LogP contribution is -2.37. The van der Waals surface area contributed by atoms with E-state index in [0.29, 0.717) is 30.8 Å². The van der Waals surface area contributed by atoms with Gasteiger partial charge < -0.3 is 19.7 Å². The third-order valence-electron chi connectivity index (χ3n) is 6.16. The van der Waals surface area contributed by atoms with E-state index in [4.69, 9.17) is 21.4 Å². The first-order valence-electron chi connectivity index (χ1n) is 11.2. The maximum absolute atomic E-state index is 14.2. The van der Waals surface area contributed by atoms with Crippen LogP contribution in [0.1, 0.15) is 34.1 Å². The maximum atomic E-state index is 14.2. The van der Waals surface area contributed by atoms with Gasteiger partial charge in [-0.05, 0) is 41.3 Å². The molecule has 2 aromatic heterocycles. The maximum Gasteiger partial charge on any atom is 0.433 e. The van der Waals surface area contributed by atoms with Gasteiger partial charge >= 0.3 is 6.18 Å². The van der Waals surface area contributed by atoms with Crippen molar-refractivity contribution in [3.63, 3.8) is 0 Å². The molecule has 36 heavy (non-hydrogen) atoms. The van der Waals surface area contributed by atoms with Crippen molar-refractivity contribution in [2.24, 2.45) is 0 Å². The van der Waals surface area contributed by atoms with Crippen molar-refractivity contribution < 1.29 is 27.4 Å². The molecule has 0 aliphatic carbocycles. The number of H-pyrrole nitrogens is 1. The average Bonchev–Trinajstić information content (AvgIpc) is 3.21. The number of hydrogen-bond acceptors (Lipinski definition) is 5. The van der Waals surface area contributed by atoms with Crippen molar-refractivity contribution in [1.82, 2.24) is 15.0 Å². The molecule has 1 atom stereocenters. The molecule has 0 radical (unpaired) electrons. The molecule has 1 aliphatic rings. The van der Waals surface area contributed by atoms with Gasteiger partial charge in [-0.2, -0.15) is 13.2 Å². The summed E-state index contributed by atoms with van der Waals surface area (Å²) in [6, 6.07) is 10.6. The molecule has 3 heterocycles. The summed E-state index contributed by atoms with van der Waals surface area (Å²) < 4.78 is 59.7. The number of fused-ring (bicyclic) bond motifs is 3. The molecule has 6 nitrogen and oxygen atoms in total. The summed E-state index contributed by atoms with van der Waals surface area (Å²) in [5, 5.41) is 9.67. The van der Waals surface area contributed by atoms with Gasteiger partial charge in [0.15, 0.2) is 0 Å². The number of nitrogens with zero attached hydrogens (tertiary/aromatic N) is 3. The van der Waals surface area contributed by atoms with Crippen LogP contribution in [0.5, 0.6) is 0 Å². The number of aliphatic hydroxyl groups is 1. The van der Waals surface area contributed by atoms with E-state index in [1.54, 1.807) is 11.0 Å². The van der Waals surface area contributed by atoms with Crippen LogP contribution in [-0.2, 0) is 23.9 Å². The fourth-order valence-electron chi connectivity index (χ4n) is 4.54. The van der Waals surface area contributed by atoms with Gasteiger partial charge in [-0.3, -0.25) is 0 Å². The van der Waals surface area contributed by atoms with E-state index >= 15 is 0 Å². The van der Waals surface area contributed by atoms with Gasteiger partial charge in [0, 0.05) is 29.3 Å². The summed E-state index contributed by atoms with van der Waals surface area (Å²) in [5.74, 6) is -0.622. The number of rotatable bonds is 6. The van der Waals surface area contributed by atoms with Crippen LogP contribution < -0.4 is 4.90 Å². The quantitative estimate of drug-likeness (QED) is 0.262. The highest BCUT2D eigenvalue weighted by Gasteiger charge is 2.37. The Hall–Kier alpha value is -3.21. The first-order valence-corrected chi connectivity index (χ1v) is 11.6. The number of ether oxygens (including phenoxy) is 1. The Bertz CT molecular complexity index is 1390. The zero-order chi connectivity index (χ0) is 25.4. The Labute approximate surface area is 208 Å². The molecular weight excluding hydrogens is 500 g/mol. The van der Waals surface area contributed by atoms with E-state index < -0.39 is 23.7 Å². The fraction of sp³-hybridized carbons (Fsp3) is 0.280. The second-order valence-corrected chi connectivity index (χ2v) is 8.84. The van der Waals surface area contributed by atoms with E-state index in [2.05, 4.69) is 15.0 Å². The molecule has 2 N–H and O–H groups in total. The number of anilines is 1. The summed E-state index contributed by atoms with van der Waals surface area (Å²) in [6.45, 7) is 0.770. The van der Waals surface area contributed by atoms with Gasteiger partial charge in [-0.15, -0.1) is 0 Å². The lowest BCUT2D eigenvalue weighted by atomic mass is 9.92. The van der Waals surface area contributed by atoms with Crippen molar-refractivity contribution in [3.05, 3.63) is 87.6 Å². The first-order chi connectivity index (χ1) is 17.3. The monoisotopic (exact) mass is 520 g/mol. The van der Waals surface area contributed by atoms with Crippen LogP contribution in [0.4, 0.5) is 23.5 Å². The van der Waals surface area contributed by atoms with Crippen LogP contribution in [0.15, 0.2) is 48.7 Å². The molecule has 1 aliphatic heterocycles. The van der Waals surface area contributed by atoms with Gasteiger partial charge in [0.1, 0.15) is 11.5 Å². The van der Waals surface area contributed by atoms with E-state index in [1.165, 1.54) is 6.07 Å². The normalized spacial score (nSPS) is 15.9. The predicted octanol–water partition coefficient (Wildman–Crippen LogP) is 5.43. The average molecular weight is 521 g/mol. The number of benzene rings is 2. The number of aliphatic hydroxyl groups excluding tert-OH is 1. The van der Waals surface area contributed by atoms with Crippen molar-refractivity contribution in [2.45, 2.75) is 25.2 Å². The second kappa shape index (κ2) is 9.68. The first kappa shape index (κ1) is 24.5. The molecule has 188 valence electrons. The Kier molecular flexibility index (Phi) is 6.59. The number of alkyl halides is 3. The van der Waals surface area contributed by atoms with E-state index in [1.807, 2.05) is 24.3 Å². The van der Waals surface area contributed by atoms with Crippen molar-refractivity contribution >= 4 is 28.5 Å². The van der Waals surface area contributed by atoms with E-state index in [0.717, 1.165) is 34.3 Å². The third kappa shape index (κ3) is 4.63. The minimum absolute atomic E-state index is 0.00303. The summed E-state index contributed by atoms with van der Waals surface area (Å²) in [7, 11) is 0. The Morgan fingerprint density at radius 2 is 1.94 bits per heavy atom. The molecule has 0 spiro atoms. The molecule has 1 unspecified atom stereocenters. The van der Waals surface area contributed by atoms with Gasteiger partial charge in [0.25, 0.3) is 0 Å². The molecule has 0 bridgehead atoms. The van der Waals surface area contributed by atoms with Gasteiger partial charge in [0.05, 0.1) is 30.9 Å². The smallest absolute Gasteiger partial charge is 0.394 e. The van der Waals surface area contributed by atoms with E-state index in [-0.39, 0.29) is 24.2 Å². The van der Waals surface area contributed by atoms with Crippen LogP contribution >= 0.6 is 11.6 Å². The lowest BCUT2D eigenvalue weighted by molar-refractivity contribution is -0.141. The minimum atomic E-state index is -4.61. The molecule has 0 fully saturated rings. The standard InChI is InChI=1S/C25H21ClF4N4O2/c26-18-11-17-16-6-8-34(24-31-7-5-21(33-24)25(28,29)30)23(22(16)32-20(17)12-19(18)27)15-3-1-14(2-4-15)13-36-10-9-35/h1-5,7,11-12,23,32,35H,6,8-10,13H2. The second-order valence-electron chi connectivity index (χ2n) is 8.43. The molecular formula is C25H21ClF4N4O2. The van der Waals surface area contributed by atoms with Gasteiger partial charge in [-0.1, -0.05) is 35.9 Å². The zero-order valence-corrected chi connectivity index (χ0v) is 19.6. The van der Waals surface area contributed by atoms with Crippen LogP contribution in [0, 0.1) is 5.82 Å². The molecule has 4 aromatic rings. The van der Waals surface area contributed by atoms with Gasteiger partial charge in [-0.25, -0.2) is 14.4 Å². The SMILES string of the molecule is OCCOCc1ccc(C2c3[nH]c4cc(F)c(Cl)cc4c3CCN2c2nccc(C(F)(F)F)n2)cc1. The summed E-state index contributed by atoms with van der Waals surface area (Å²) >= 11 is 6.04. The molecule has 0 saturated heterocycles. The third-order valence-corrected chi connectivity index (χ3v) is 6.45. The van der Waals surface area contributed by atoms with E-state index in [9.17, 15) is 17.6 Å². The summed E-state index contributed by atoms with van der Waals surface area (Å²) in [4.78, 5) is 12.9. The van der Waals surface area contributed by atoms with Crippen LogP contribution in [0.3, 0.4) is 0 Å². The Morgan fingerprint density at radius 1 is 1.17 bits per heavy atom.